The normalized spacial score (nSPS) is 13.7. The van der Waals surface area contributed by atoms with Crippen LogP contribution in [0.3, 0.4) is 0 Å². The van der Waals surface area contributed by atoms with Gasteiger partial charge in [0.2, 0.25) is 0 Å². The van der Waals surface area contributed by atoms with Crippen LogP contribution in [0.4, 0.5) is 0 Å². The van der Waals surface area contributed by atoms with Crippen LogP contribution < -0.4 is 20.7 Å². The molecule has 0 bridgehead atoms. The maximum absolute atomic E-state index is 2.53. The highest BCUT2D eigenvalue weighted by Gasteiger charge is 2.50. The van der Waals surface area contributed by atoms with Crippen LogP contribution in [0.15, 0.2) is 127 Å². The van der Waals surface area contributed by atoms with Crippen molar-refractivity contribution < 1.29 is 0 Å². The molecule has 6 aromatic rings. The van der Waals surface area contributed by atoms with Gasteiger partial charge in [-0.2, -0.15) is 0 Å². The van der Waals surface area contributed by atoms with Crippen molar-refractivity contribution in [3.8, 4) is 11.1 Å². The number of benzene rings is 6. The van der Waals surface area contributed by atoms with Crippen molar-refractivity contribution in [2.75, 3.05) is 0 Å². The maximum atomic E-state index is 2.44. The molecular weight excluding hydrogens is 424 g/mol. The first kappa shape index (κ1) is 19.5. The molecule has 34 heavy (non-hydrogen) atoms. The van der Waals surface area contributed by atoms with Crippen LogP contribution >= 0.6 is 0 Å². The minimum atomic E-state index is -2.53. The molecule has 1 heterocycles. The molecule has 0 aliphatic carbocycles. The lowest BCUT2D eigenvalue weighted by molar-refractivity contribution is 1.51. The molecule has 0 nitrogen and oxygen atoms in total. The highest BCUT2D eigenvalue weighted by Crippen LogP contribution is 2.37. The lowest BCUT2D eigenvalue weighted by Gasteiger charge is -2.32. The van der Waals surface area contributed by atoms with Gasteiger partial charge in [-0.05, 0) is 60.3 Å². The molecule has 0 atom stereocenters. The fraction of sp³-hybridized carbons (Fsp3) is 0.0303. The summed E-state index contributed by atoms with van der Waals surface area (Å²) in [5, 5.41) is 11.3. The van der Waals surface area contributed by atoms with Crippen molar-refractivity contribution in [1.82, 2.24) is 0 Å². The Morgan fingerprint density at radius 1 is 0.500 bits per heavy atom. The molecule has 160 valence electrons. The zero-order valence-corrected chi connectivity index (χ0v) is 20.1. The third kappa shape index (κ3) is 2.53. The maximum Gasteiger partial charge on any atom is 0.181 e. The Morgan fingerprint density at radius 3 is 1.82 bits per heavy atom. The topological polar surface area (TPSA) is 0 Å². The van der Waals surface area contributed by atoms with E-state index in [0.717, 1.165) is 0 Å². The highest BCUT2D eigenvalue weighted by atomic mass is 28.3. The second kappa shape index (κ2) is 7.28. The Hall–Kier alpha value is -3.94. The van der Waals surface area contributed by atoms with Gasteiger partial charge in [0.1, 0.15) is 0 Å². The Kier molecular flexibility index (Phi) is 4.18. The van der Waals surface area contributed by atoms with E-state index in [1.165, 1.54) is 59.0 Å². The predicted octanol–water partition coefficient (Wildman–Crippen LogP) is 5.66. The molecule has 0 saturated heterocycles. The molecule has 1 heteroatoms. The molecule has 0 spiro atoms. The van der Waals surface area contributed by atoms with Crippen LogP contribution in [-0.2, 0) is 0 Å². The summed E-state index contributed by atoms with van der Waals surface area (Å²) >= 11 is 0. The Balaban J connectivity index is 1.78. The van der Waals surface area contributed by atoms with Crippen molar-refractivity contribution in [2.45, 2.75) is 6.92 Å². The van der Waals surface area contributed by atoms with E-state index in [1.807, 2.05) is 0 Å². The van der Waals surface area contributed by atoms with Crippen molar-refractivity contribution in [2.24, 2.45) is 0 Å². The molecule has 0 amide bonds. The molecule has 0 N–H and O–H groups in total. The molecule has 7 rings (SSSR count). The average Bonchev–Trinajstić information content (AvgIpc) is 3.22. The van der Waals surface area contributed by atoms with E-state index in [1.54, 1.807) is 0 Å². The van der Waals surface area contributed by atoms with Crippen LogP contribution in [0.2, 0.25) is 0 Å². The number of hydrogen-bond donors (Lipinski definition) is 0. The number of fused-ring (bicyclic) bond motifs is 7. The fourth-order valence-corrected chi connectivity index (χ4v) is 11.6. The van der Waals surface area contributed by atoms with Crippen molar-refractivity contribution >= 4 is 50.4 Å². The number of hydrogen-bond acceptors (Lipinski definition) is 0. The third-order valence-electron chi connectivity index (χ3n) is 7.57. The van der Waals surface area contributed by atoms with Crippen molar-refractivity contribution in [3.63, 3.8) is 0 Å². The van der Waals surface area contributed by atoms with Gasteiger partial charge in [0.05, 0.1) is 0 Å². The minimum Gasteiger partial charge on any atom is -0.0623 e. The van der Waals surface area contributed by atoms with Crippen LogP contribution in [0.25, 0.3) is 32.7 Å². The highest BCUT2D eigenvalue weighted by molar-refractivity contribution is 7.23. The predicted molar refractivity (Wildman–Crippen MR) is 149 cm³/mol. The van der Waals surface area contributed by atoms with E-state index in [4.69, 9.17) is 0 Å². The van der Waals surface area contributed by atoms with E-state index in [9.17, 15) is 0 Å². The van der Waals surface area contributed by atoms with Gasteiger partial charge in [-0.15, -0.1) is 0 Å². The lowest BCUT2D eigenvalue weighted by atomic mass is 9.96. The second-order valence-corrected chi connectivity index (χ2v) is 13.1. The molecule has 1 aliphatic heterocycles. The van der Waals surface area contributed by atoms with Gasteiger partial charge in [0.25, 0.3) is 0 Å². The van der Waals surface area contributed by atoms with Crippen molar-refractivity contribution in [1.29, 1.82) is 0 Å². The number of aryl methyl sites for hydroxylation is 1. The zero-order chi connectivity index (χ0) is 22.7. The van der Waals surface area contributed by atoms with E-state index in [-0.39, 0.29) is 0 Å². The lowest BCUT2D eigenvalue weighted by Crippen LogP contribution is -2.73. The van der Waals surface area contributed by atoms with Gasteiger partial charge in [0.15, 0.2) is 8.07 Å². The summed E-state index contributed by atoms with van der Waals surface area (Å²) in [4.78, 5) is 0. The van der Waals surface area contributed by atoms with E-state index >= 15 is 0 Å². The summed E-state index contributed by atoms with van der Waals surface area (Å²) in [6.07, 6.45) is 0. The van der Waals surface area contributed by atoms with Gasteiger partial charge >= 0.3 is 0 Å². The largest absolute Gasteiger partial charge is 0.181 e. The molecule has 0 aromatic heterocycles. The van der Waals surface area contributed by atoms with Gasteiger partial charge in [-0.1, -0.05) is 133 Å². The quantitative estimate of drug-likeness (QED) is 0.299. The van der Waals surface area contributed by atoms with Crippen LogP contribution in [0, 0.1) is 6.92 Å². The molecule has 0 unspecified atom stereocenters. The number of rotatable bonds is 2. The summed E-state index contributed by atoms with van der Waals surface area (Å²) in [5.74, 6) is 0. The fourth-order valence-electron chi connectivity index (χ4n) is 6.20. The van der Waals surface area contributed by atoms with Crippen LogP contribution in [0.5, 0.6) is 0 Å². The monoisotopic (exact) mass is 448 g/mol. The molecule has 6 aromatic carbocycles. The average molecular weight is 449 g/mol. The first-order valence-electron chi connectivity index (χ1n) is 12.0. The Labute approximate surface area is 201 Å². The standard InChI is InChI=1S/C33H24Si/c1-23-16-17-25-18-20-29-32-28-15-9-8-10-24(28)19-21-31(32)34(33(29)30(25)22-23,26-11-4-2-5-12-26)27-13-6-3-7-14-27/h2-22H,1H3. The Bertz CT molecular complexity index is 1660. The summed E-state index contributed by atoms with van der Waals surface area (Å²) in [6.45, 7) is 2.21. The van der Waals surface area contributed by atoms with Gasteiger partial charge in [-0.3, -0.25) is 0 Å². The second-order valence-electron chi connectivity index (χ2n) is 9.40. The SMILES string of the molecule is Cc1ccc2ccc3c(c2c1)[Si](c1ccccc1)(c1ccccc1)c1ccc2ccccc2c1-3. The molecule has 0 saturated carbocycles. The van der Waals surface area contributed by atoms with Gasteiger partial charge in [-0.25, -0.2) is 0 Å². The summed E-state index contributed by atoms with van der Waals surface area (Å²) in [7, 11) is -2.53. The molecule has 1 aliphatic rings. The molecule has 0 fully saturated rings. The first-order valence-corrected chi connectivity index (χ1v) is 14.0. The van der Waals surface area contributed by atoms with Crippen LogP contribution in [-0.4, -0.2) is 8.07 Å². The molecule has 0 radical (unpaired) electrons. The van der Waals surface area contributed by atoms with Crippen molar-refractivity contribution in [3.05, 3.63) is 133 Å². The van der Waals surface area contributed by atoms with Gasteiger partial charge < -0.3 is 0 Å². The minimum absolute atomic E-state index is 1.31. The first-order chi connectivity index (χ1) is 16.8. The zero-order valence-electron chi connectivity index (χ0n) is 19.1. The van der Waals surface area contributed by atoms with Crippen LogP contribution in [0.1, 0.15) is 5.56 Å². The van der Waals surface area contributed by atoms with Gasteiger partial charge in [0, 0.05) is 0 Å². The molecular formula is C33H24Si. The summed E-state index contributed by atoms with van der Waals surface area (Å²) in [5.41, 5.74) is 4.14. The third-order valence-corrected chi connectivity index (χ3v) is 12.5. The smallest absolute Gasteiger partial charge is 0.0623 e. The van der Waals surface area contributed by atoms with E-state index in [0.29, 0.717) is 0 Å². The van der Waals surface area contributed by atoms with E-state index in [2.05, 4.69) is 134 Å². The van der Waals surface area contributed by atoms with E-state index < -0.39 is 8.07 Å². The summed E-state index contributed by atoms with van der Waals surface area (Å²) in [6, 6.07) is 47.9. The summed E-state index contributed by atoms with van der Waals surface area (Å²) < 4.78 is 0. The Morgan fingerprint density at radius 2 is 1.09 bits per heavy atom.